The van der Waals surface area contributed by atoms with E-state index in [4.69, 9.17) is 9.47 Å². The normalized spacial score (nSPS) is 13.0. The lowest BCUT2D eigenvalue weighted by molar-refractivity contribution is -0.142. The van der Waals surface area contributed by atoms with Gasteiger partial charge in [-0.25, -0.2) is 4.79 Å². The molecule has 0 atom stereocenters. The highest BCUT2D eigenvalue weighted by Gasteiger charge is 2.23. The first-order valence-corrected chi connectivity index (χ1v) is 10.5. The van der Waals surface area contributed by atoms with Crippen LogP contribution < -0.4 is 4.90 Å². The zero-order valence-electron chi connectivity index (χ0n) is 18.0. The van der Waals surface area contributed by atoms with Crippen LogP contribution in [0.5, 0.6) is 0 Å². The average Bonchev–Trinajstić information content (AvgIpc) is 3.20. The number of amides is 2. The van der Waals surface area contributed by atoms with E-state index in [2.05, 4.69) is 0 Å². The van der Waals surface area contributed by atoms with Crippen LogP contribution in [0.4, 0.5) is 5.69 Å². The van der Waals surface area contributed by atoms with Gasteiger partial charge in [-0.1, -0.05) is 30.3 Å². The molecule has 0 N–H and O–H groups in total. The van der Waals surface area contributed by atoms with Crippen molar-refractivity contribution in [1.29, 1.82) is 0 Å². The number of hydrogen-bond donors (Lipinski definition) is 0. The van der Waals surface area contributed by atoms with Gasteiger partial charge in [-0.05, 0) is 43.2 Å². The number of rotatable bonds is 9. The molecule has 3 rings (SSSR count). The molecular formula is C24H26N2O6. The number of para-hydroxylation sites is 1. The summed E-state index contributed by atoms with van der Waals surface area (Å²) in [6.45, 7) is 2.21. The van der Waals surface area contributed by atoms with Crippen molar-refractivity contribution in [1.82, 2.24) is 4.90 Å². The topological polar surface area (TPSA) is 93.2 Å². The van der Waals surface area contributed by atoms with Crippen molar-refractivity contribution >= 4 is 29.4 Å². The van der Waals surface area contributed by atoms with Crippen molar-refractivity contribution in [3.05, 3.63) is 65.7 Å². The number of carbonyl (C=O) groups excluding carboxylic acids is 4. The first kappa shape index (κ1) is 23.0. The quantitative estimate of drug-likeness (QED) is 0.559. The van der Waals surface area contributed by atoms with Gasteiger partial charge < -0.3 is 14.4 Å². The van der Waals surface area contributed by atoms with Crippen LogP contribution >= 0.6 is 0 Å². The van der Waals surface area contributed by atoms with E-state index in [0.29, 0.717) is 30.8 Å². The molecule has 1 aliphatic heterocycles. The molecule has 32 heavy (non-hydrogen) atoms. The van der Waals surface area contributed by atoms with Crippen molar-refractivity contribution in [2.75, 3.05) is 31.2 Å². The maximum atomic E-state index is 12.7. The molecule has 1 fully saturated rings. The Morgan fingerprint density at radius 2 is 1.81 bits per heavy atom. The van der Waals surface area contributed by atoms with Gasteiger partial charge in [-0.2, -0.15) is 0 Å². The second-order valence-corrected chi connectivity index (χ2v) is 7.32. The molecule has 1 heterocycles. The van der Waals surface area contributed by atoms with E-state index in [0.717, 1.165) is 12.0 Å². The van der Waals surface area contributed by atoms with Gasteiger partial charge in [0.2, 0.25) is 5.91 Å². The Morgan fingerprint density at radius 1 is 1.03 bits per heavy atom. The molecule has 1 saturated heterocycles. The number of benzene rings is 2. The average molecular weight is 438 g/mol. The number of anilines is 1. The molecular weight excluding hydrogens is 412 g/mol. The third-order valence-corrected chi connectivity index (χ3v) is 5.00. The molecule has 0 aliphatic carbocycles. The van der Waals surface area contributed by atoms with Crippen LogP contribution in [0.1, 0.15) is 35.7 Å². The second-order valence-electron chi connectivity index (χ2n) is 7.32. The van der Waals surface area contributed by atoms with Gasteiger partial charge in [-0.15, -0.1) is 0 Å². The molecule has 168 valence electrons. The van der Waals surface area contributed by atoms with Gasteiger partial charge >= 0.3 is 11.9 Å². The van der Waals surface area contributed by atoms with Crippen molar-refractivity contribution in [2.24, 2.45) is 0 Å². The molecule has 0 aromatic heterocycles. The number of hydrogen-bond acceptors (Lipinski definition) is 6. The number of esters is 2. The van der Waals surface area contributed by atoms with Gasteiger partial charge in [-0.3, -0.25) is 19.3 Å². The summed E-state index contributed by atoms with van der Waals surface area (Å²) in [4.78, 5) is 52.0. The van der Waals surface area contributed by atoms with Crippen LogP contribution in [0.15, 0.2) is 54.6 Å². The molecule has 0 bridgehead atoms. The predicted molar refractivity (Wildman–Crippen MR) is 117 cm³/mol. The molecule has 2 aromatic rings. The Labute approximate surface area is 186 Å². The summed E-state index contributed by atoms with van der Waals surface area (Å²) in [6.07, 6.45) is 1.39. The van der Waals surface area contributed by atoms with Crippen LogP contribution in [0.25, 0.3) is 0 Å². The fourth-order valence-electron chi connectivity index (χ4n) is 3.44. The maximum absolute atomic E-state index is 12.7. The van der Waals surface area contributed by atoms with Crippen LogP contribution in [-0.4, -0.2) is 55.0 Å². The highest BCUT2D eigenvalue weighted by atomic mass is 16.5. The van der Waals surface area contributed by atoms with Crippen molar-refractivity contribution < 1.29 is 28.7 Å². The lowest BCUT2D eigenvalue weighted by Crippen LogP contribution is -2.39. The van der Waals surface area contributed by atoms with Crippen LogP contribution in [0.2, 0.25) is 0 Å². The molecule has 0 saturated carbocycles. The minimum absolute atomic E-state index is 0.103. The zero-order valence-corrected chi connectivity index (χ0v) is 18.0. The first-order valence-electron chi connectivity index (χ1n) is 10.5. The Bertz CT molecular complexity index is 975. The molecule has 1 aliphatic rings. The molecule has 8 heteroatoms. The van der Waals surface area contributed by atoms with Crippen molar-refractivity contribution in [3.63, 3.8) is 0 Å². The summed E-state index contributed by atoms with van der Waals surface area (Å²) < 4.78 is 10.2. The van der Waals surface area contributed by atoms with Crippen LogP contribution in [0.3, 0.4) is 0 Å². The van der Waals surface area contributed by atoms with Crippen molar-refractivity contribution in [3.8, 4) is 0 Å². The molecule has 0 radical (unpaired) electrons. The number of ether oxygens (including phenoxy) is 2. The fraction of sp³-hybridized carbons (Fsp3) is 0.333. The molecule has 0 spiro atoms. The van der Waals surface area contributed by atoms with Gasteiger partial charge in [0.15, 0.2) is 6.61 Å². The summed E-state index contributed by atoms with van der Waals surface area (Å²) in [5.74, 6) is -1.65. The van der Waals surface area contributed by atoms with Gasteiger partial charge in [0, 0.05) is 25.2 Å². The summed E-state index contributed by atoms with van der Waals surface area (Å²) in [5, 5.41) is 0. The van der Waals surface area contributed by atoms with Crippen molar-refractivity contribution in [2.45, 2.75) is 26.3 Å². The lowest BCUT2D eigenvalue weighted by Gasteiger charge is -2.21. The van der Waals surface area contributed by atoms with Gasteiger partial charge in [0.05, 0.1) is 12.2 Å². The predicted octanol–water partition coefficient (Wildman–Crippen LogP) is 2.56. The highest BCUT2D eigenvalue weighted by molar-refractivity contribution is 6.00. The Kier molecular flexibility index (Phi) is 7.96. The summed E-state index contributed by atoms with van der Waals surface area (Å²) in [7, 11) is 0. The van der Waals surface area contributed by atoms with E-state index in [-0.39, 0.29) is 19.1 Å². The fourth-order valence-corrected chi connectivity index (χ4v) is 3.44. The van der Waals surface area contributed by atoms with Gasteiger partial charge in [0.1, 0.15) is 6.54 Å². The minimum atomic E-state index is -0.655. The van der Waals surface area contributed by atoms with Gasteiger partial charge in [0.25, 0.3) is 5.91 Å². The SMILES string of the molecule is CCOC(=O)CN(C(=O)COC(=O)c1cccc(CN2CCCC2=O)c1)c1ccccc1. The van der Waals surface area contributed by atoms with Crippen LogP contribution in [-0.2, 0) is 30.4 Å². The zero-order chi connectivity index (χ0) is 22.9. The monoisotopic (exact) mass is 438 g/mol. The summed E-state index contributed by atoms with van der Waals surface area (Å²) >= 11 is 0. The third-order valence-electron chi connectivity index (χ3n) is 5.00. The molecule has 0 unspecified atom stereocenters. The summed E-state index contributed by atoms with van der Waals surface area (Å²) in [5.41, 5.74) is 1.60. The number of nitrogens with zero attached hydrogens (tertiary/aromatic N) is 2. The molecule has 2 aromatic carbocycles. The molecule has 8 nitrogen and oxygen atoms in total. The summed E-state index contributed by atoms with van der Waals surface area (Å²) in [6, 6.07) is 15.4. The highest BCUT2D eigenvalue weighted by Crippen LogP contribution is 2.17. The minimum Gasteiger partial charge on any atom is -0.465 e. The van der Waals surface area contributed by atoms with E-state index in [1.807, 2.05) is 6.07 Å². The standard InChI is InChI=1S/C24H26N2O6/c1-2-31-23(29)16-26(20-10-4-3-5-11-20)22(28)17-32-24(30)19-9-6-8-18(14-19)15-25-13-7-12-21(25)27/h3-6,8-11,14H,2,7,12-13,15-17H2,1H3. The van der Waals surface area contributed by atoms with E-state index >= 15 is 0 Å². The number of likely N-dealkylation sites (tertiary alicyclic amines) is 1. The van der Waals surface area contributed by atoms with Crippen LogP contribution in [0, 0.1) is 0 Å². The van der Waals surface area contributed by atoms with E-state index in [9.17, 15) is 19.2 Å². The molecule has 2 amide bonds. The smallest absolute Gasteiger partial charge is 0.338 e. The Balaban J connectivity index is 1.63. The lowest BCUT2D eigenvalue weighted by atomic mass is 10.1. The third kappa shape index (κ3) is 6.16. The van der Waals surface area contributed by atoms with E-state index < -0.39 is 24.5 Å². The second kappa shape index (κ2) is 11.1. The maximum Gasteiger partial charge on any atom is 0.338 e. The first-order chi connectivity index (χ1) is 15.5. The van der Waals surface area contributed by atoms with E-state index in [1.54, 1.807) is 60.4 Å². The van der Waals surface area contributed by atoms with E-state index in [1.165, 1.54) is 4.90 Å². The Hall–Kier alpha value is -3.68. The Morgan fingerprint density at radius 3 is 2.50 bits per heavy atom. The number of carbonyl (C=O) groups is 4. The largest absolute Gasteiger partial charge is 0.465 e.